The molecular weight excluding hydrogens is 292 g/mol. The molecule has 1 amide bonds. The maximum Gasteiger partial charge on any atom is 0.326 e. The Morgan fingerprint density at radius 2 is 2.09 bits per heavy atom. The number of hydrogen-bond donors (Lipinski definition) is 1. The van der Waals surface area contributed by atoms with Crippen LogP contribution in [-0.2, 0) is 20.7 Å². The molecule has 0 aromatic heterocycles. The van der Waals surface area contributed by atoms with Crippen molar-refractivity contribution < 1.29 is 14.3 Å². The molecule has 3 rings (SSSR count). The third kappa shape index (κ3) is 3.11. The molecule has 1 aliphatic heterocycles. The summed E-state index contributed by atoms with van der Waals surface area (Å²) in [5, 5.41) is 3.17. The molecule has 5 nitrogen and oxygen atoms in total. The molecule has 1 unspecified atom stereocenters. The summed E-state index contributed by atoms with van der Waals surface area (Å²) in [6, 6.07) is 8.03. The predicted octanol–water partition coefficient (Wildman–Crippen LogP) is 1.90. The number of benzene rings is 1. The second-order valence-electron chi connectivity index (χ2n) is 6.60. The maximum atomic E-state index is 12.7. The Kier molecular flexibility index (Phi) is 4.39. The van der Waals surface area contributed by atoms with E-state index in [0.29, 0.717) is 0 Å². The van der Waals surface area contributed by atoms with Gasteiger partial charge in [0, 0.05) is 12.2 Å². The van der Waals surface area contributed by atoms with Gasteiger partial charge in [-0.3, -0.25) is 14.9 Å². The highest BCUT2D eigenvalue weighted by molar-refractivity contribution is 5.96. The lowest BCUT2D eigenvalue weighted by atomic mass is 9.95. The summed E-state index contributed by atoms with van der Waals surface area (Å²) < 4.78 is 4.92. The first-order valence-corrected chi connectivity index (χ1v) is 8.28. The standard InChI is InChI=1S/C18H24N2O3/c1-18(14-9-10-14,17(22)23-2)19-12-16(21)20-11-5-7-13-6-3-4-8-15(13)20/h3-4,6,8,14,19H,5,7,9-12H2,1-2H3. The summed E-state index contributed by atoms with van der Waals surface area (Å²) >= 11 is 0. The minimum Gasteiger partial charge on any atom is -0.468 e. The van der Waals surface area contributed by atoms with Crippen LogP contribution in [0.25, 0.3) is 0 Å². The van der Waals surface area contributed by atoms with Gasteiger partial charge in [0.05, 0.1) is 13.7 Å². The topological polar surface area (TPSA) is 58.6 Å². The van der Waals surface area contributed by atoms with Crippen LogP contribution in [0, 0.1) is 5.92 Å². The summed E-state index contributed by atoms with van der Waals surface area (Å²) in [4.78, 5) is 26.6. The molecule has 23 heavy (non-hydrogen) atoms. The number of ether oxygens (including phenoxy) is 1. The highest BCUT2D eigenvalue weighted by Crippen LogP contribution is 2.40. The highest BCUT2D eigenvalue weighted by Gasteiger charge is 2.48. The van der Waals surface area contributed by atoms with Gasteiger partial charge in [-0.15, -0.1) is 0 Å². The van der Waals surface area contributed by atoms with Crippen LogP contribution in [0.5, 0.6) is 0 Å². The van der Waals surface area contributed by atoms with Gasteiger partial charge in [0.1, 0.15) is 5.54 Å². The number of carbonyl (C=O) groups excluding carboxylic acids is 2. The Bertz CT molecular complexity index is 612. The maximum absolute atomic E-state index is 12.7. The van der Waals surface area contributed by atoms with Gasteiger partial charge in [0.25, 0.3) is 0 Å². The van der Waals surface area contributed by atoms with Crippen molar-refractivity contribution in [2.45, 2.75) is 38.1 Å². The lowest BCUT2D eigenvalue weighted by molar-refractivity contribution is -0.149. The Morgan fingerprint density at radius 3 is 2.78 bits per heavy atom. The number of rotatable bonds is 5. The number of hydrogen-bond acceptors (Lipinski definition) is 4. The Labute approximate surface area is 137 Å². The van der Waals surface area contributed by atoms with E-state index in [-0.39, 0.29) is 24.3 Å². The third-order valence-electron chi connectivity index (χ3n) is 5.02. The van der Waals surface area contributed by atoms with Gasteiger partial charge in [0.15, 0.2) is 0 Å². The molecule has 2 aliphatic rings. The van der Waals surface area contributed by atoms with Crippen LogP contribution in [0.15, 0.2) is 24.3 Å². The molecule has 5 heteroatoms. The third-order valence-corrected chi connectivity index (χ3v) is 5.02. The quantitative estimate of drug-likeness (QED) is 0.843. The van der Waals surface area contributed by atoms with Gasteiger partial charge in [-0.25, -0.2) is 0 Å². The molecule has 1 N–H and O–H groups in total. The zero-order valence-corrected chi connectivity index (χ0v) is 13.8. The number of fused-ring (bicyclic) bond motifs is 1. The molecule has 1 atom stereocenters. The van der Waals surface area contributed by atoms with E-state index in [2.05, 4.69) is 11.4 Å². The van der Waals surface area contributed by atoms with E-state index in [9.17, 15) is 9.59 Å². The average molecular weight is 316 g/mol. The molecule has 1 heterocycles. The lowest BCUT2D eigenvalue weighted by Crippen LogP contribution is -2.55. The van der Waals surface area contributed by atoms with Crippen LogP contribution < -0.4 is 10.2 Å². The van der Waals surface area contributed by atoms with Crippen molar-refractivity contribution in [1.29, 1.82) is 0 Å². The van der Waals surface area contributed by atoms with E-state index in [0.717, 1.165) is 37.9 Å². The SMILES string of the molecule is COC(=O)C(C)(NCC(=O)N1CCCc2ccccc21)C1CC1. The van der Waals surface area contributed by atoms with E-state index >= 15 is 0 Å². The van der Waals surface area contributed by atoms with Gasteiger partial charge in [-0.05, 0) is 50.2 Å². The molecule has 0 radical (unpaired) electrons. The van der Waals surface area contributed by atoms with Crippen LogP contribution >= 0.6 is 0 Å². The van der Waals surface area contributed by atoms with Crippen molar-refractivity contribution in [2.24, 2.45) is 5.92 Å². The summed E-state index contributed by atoms with van der Waals surface area (Å²) in [6.45, 7) is 2.72. The molecule has 0 spiro atoms. The smallest absolute Gasteiger partial charge is 0.326 e. The molecule has 0 bridgehead atoms. The zero-order valence-electron chi connectivity index (χ0n) is 13.8. The lowest BCUT2D eigenvalue weighted by Gasteiger charge is -2.32. The molecule has 1 aromatic carbocycles. The van der Waals surface area contributed by atoms with E-state index in [4.69, 9.17) is 4.74 Å². The number of carbonyl (C=O) groups is 2. The largest absolute Gasteiger partial charge is 0.468 e. The monoisotopic (exact) mass is 316 g/mol. The fourth-order valence-electron chi connectivity index (χ4n) is 3.40. The summed E-state index contributed by atoms with van der Waals surface area (Å²) in [5.41, 5.74) is 1.45. The number of nitrogens with zero attached hydrogens (tertiary/aromatic N) is 1. The van der Waals surface area contributed by atoms with Crippen LogP contribution in [0.4, 0.5) is 5.69 Å². The van der Waals surface area contributed by atoms with Crippen molar-refractivity contribution >= 4 is 17.6 Å². The van der Waals surface area contributed by atoms with Crippen molar-refractivity contribution in [1.82, 2.24) is 5.32 Å². The second-order valence-corrected chi connectivity index (χ2v) is 6.60. The predicted molar refractivity (Wildman–Crippen MR) is 88.3 cm³/mol. The molecular formula is C18H24N2O3. The minimum absolute atomic E-state index is 0.00734. The van der Waals surface area contributed by atoms with E-state index in [1.807, 2.05) is 30.0 Å². The van der Waals surface area contributed by atoms with Gasteiger partial charge in [0.2, 0.25) is 5.91 Å². The normalized spacial score (nSPS) is 19.7. The number of methoxy groups -OCH3 is 1. The average Bonchev–Trinajstić information content (AvgIpc) is 3.43. The first-order valence-electron chi connectivity index (χ1n) is 8.28. The molecule has 1 saturated carbocycles. The second kappa shape index (κ2) is 6.32. The zero-order chi connectivity index (χ0) is 16.4. The van der Waals surface area contributed by atoms with Crippen molar-refractivity contribution in [3.63, 3.8) is 0 Å². The summed E-state index contributed by atoms with van der Waals surface area (Å²) in [7, 11) is 1.40. The summed E-state index contributed by atoms with van der Waals surface area (Å²) in [6.07, 6.45) is 3.98. The number of aryl methyl sites for hydroxylation is 1. The Morgan fingerprint density at radius 1 is 1.35 bits per heavy atom. The van der Waals surface area contributed by atoms with E-state index < -0.39 is 5.54 Å². The first-order chi connectivity index (χ1) is 11.1. The van der Waals surface area contributed by atoms with E-state index in [1.54, 1.807) is 0 Å². The van der Waals surface area contributed by atoms with Crippen molar-refractivity contribution in [3.05, 3.63) is 29.8 Å². The van der Waals surface area contributed by atoms with Crippen molar-refractivity contribution in [2.75, 3.05) is 25.1 Å². The van der Waals surface area contributed by atoms with Crippen LogP contribution in [0.1, 0.15) is 31.7 Å². The fourth-order valence-corrected chi connectivity index (χ4v) is 3.40. The number of para-hydroxylation sites is 1. The van der Waals surface area contributed by atoms with Crippen LogP contribution in [-0.4, -0.2) is 37.6 Å². The number of nitrogens with one attached hydrogen (secondary N) is 1. The molecule has 1 aromatic rings. The fraction of sp³-hybridized carbons (Fsp3) is 0.556. The van der Waals surface area contributed by atoms with Gasteiger partial charge < -0.3 is 9.64 Å². The number of amides is 1. The number of anilines is 1. The Hall–Kier alpha value is -1.88. The highest BCUT2D eigenvalue weighted by atomic mass is 16.5. The Balaban J connectivity index is 1.69. The van der Waals surface area contributed by atoms with Gasteiger partial charge >= 0.3 is 5.97 Å². The van der Waals surface area contributed by atoms with Crippen LogP contribution in [0.3, 0.4) is 0 Å². The van der Waals surface area contributed by atoms with Crippen molar-refractivity contribution in [3.8, 4) is 0 Å². The molecule has 1 fully saturated rings. The molecule has 1 aliphatic carbocycles. The van der Waals surface area contributed by atoms with Gasteiger partial charge in [-0.1, -0.05) is 18.2 Å². The summed E-state index contributed by atoms with van der Waals surface area (Å²) in [5.74, 6) is -0.0174. The van der Waals surface area contributed by atoms with Crippen LogP contribution in [0.2, 0.25) is 0 Å². The molecule has 0 saturated heterocycles. The van der Waals surface area contributed by atoms with Gasteiger partial charge in [-0.2, -0.15) is 0 Å². The first kappa shape index (κ1) is 16.0. The van der Waals surface area contributed by atoms with E-state index in [1.165, 1.54) is 12.7 Å². The molecule has 124 valence electrons. The minimum atomic E-state index is -0.764. The number of esters is 1.